The van der Waals surface area contributed by atoms with Crippen molar-refractivity contribution in [3.8, 4) is 11.5 Å². The monoisotopic (exact) mass is 544 g/mol. The summed E-state index contributed by atoms with van der Waals surface area (Å²) < 4.78 is 16.8. The lowest BCUT2D eigenvalue weighted by Crippen LogP contribution is -2.46. The fourth-order valence-corrected chi connectivity index (χ4v) is 4.78. The third-order valence-corrected chi connectivity index (χ3v) is 6.74. The van der Waals surface area contributed by atoms with Crippen LogP contribution in [0.2, 0.25) is 0 Å². The first-order valence-electron chi connectivity index (χ1n) is 12.4. The van der Waals surface area contributed by atoms with Gasteiger partial charge in [0.1, 0.15) is 17.1 Å². The first-order valence-corrected chi connectivity index (χ1v) is 12.4. The first kappa shape index (κ1) is 28.8. The third kappa shape index (κ3) is 7.17. The summed E-state index contributed by atoms with van der Waals surface area (Å²) in [5, 5.41) is 2.45. The van der Waals surface area contributed by atoms with Crippen molar-refractivity contribution in [3.05, 3.63) is 82.7 Å². The van der Waals surface area contributed by atoms with Crippen LogP contribution in [0.5, 0.6) is 11.5 Å². The molecule has 0 spiro atoms. The number of piperazine rings is 1. The van der Waals surface area contributed by atoms with Gasteiger partial charge >= 0.3 is 5.63 Å². The van der Waals surface area contributed by atoms with Crippen molar-refractivity contribution in [1.82, 2.24) is 9.80 Å². The number of fused-ring (bicyclic) bond motifs is 3. The van der Waals surface area contributed by atoms with E-state index < -0.39 is 0 Å². The number of methoxy groups -OCH3 is 1. The molecule has 0 aliphatic carbocycles. The number of hydrogen-bond acceptors (Lipinski definition) is 6. The van der Waals surface area contributed by atoms with Gasteiger partial charge in [-0.3, -0.25) is 4.90 Å². The second kappa shape index (κ2) is 13.7. The maximum atomic E-state index is 12.3. The fraction of sp³-hybridized carbons (Fsp3) is 0.345. The molecule has 1 fully saturated rings. The normalized spacial score (nSPS) is 14.2. The van der Waals surface area contributed by atoms with E-state index in [1.54, 1.807) is 13.2 Å². The molecule has 0 amide bonds. The van der Waals surface area contributed by atoms with Crippen molar-refractivity contribution in [2.75, 3.05) is 46.4 Å². The predicted octanol–water partition coefficient (Wildman–Crippen LogP) is 5.78. The fourth-order valence-electron chi connectivity index (χ4n) is 4.78. The molecule has 0 unspecified atom stereocenters. The predicted molar refractivity (Wildman–Crippen MR) is 154 cm³/mol. The number of rotatable bonds is 9. The topological polar surface area (TPSA) is 55.1 Å². The quantitative estimate of drug-likeness (QED) is 0.151. The molecule has 5 rings (SSSR count). The highest BCUT2D eigenvalue weighted by Gasteiger charge is 2.16. The third-order valence-electron chi connectivity index (χ3n) is 6.74. The standard InChI is InChI=1S/C29H32N2O4.2ClH/c1-33-23-8-6-7-22(19-23)21-31-16-14-30(15-17-31)13-4-5-18-34-24-11-12-26-25-9-2-3-10-27(25)29(32)35-28(26)20-24;;/h2-3,6-12,19-20H,4-5,13-18,21H2,1H3;2*1H. The summed E-state index contributed by atoms with van der Waals surface area (Å²) in [4.78, 5) is 17.3. The van der Waals surface area contributed by atoms with E-state index in [4.69, 9.17) is 13.9 Å². The second-order valence-electron chi connectivity index (χ2n) is 9.12. The average Bonchev–Trinajstić information content (AvgIpc) is 2.89. The highest BCUT2D eigenvalue weighted by Crippen LogP contribution is 2.26. The Bertz CT molecular complexity index is 1350. The molecule has 8 heteroatoms. The lowest BCUT2D eigenvalue weighted by molar-refractivity contribution is 0.124. The Morgan fingerprint density at radius 2 is 1.54 bits per heavy atom. The van der Waals surface area contributed by atoms with Crippen molar-refractivity contribution in [1.29, 1.82) is 0 Å². The molecule has 1 aliphatic heterocycles. The Morgan fingerprint density at radius 1 is 0.784 bits per heavy atom. The second-order valence-corrected chi connectivity index (χ2v) is 9.12. The van der Waals surface area contributed by atoms with Crippen LogP contribution in [0.25, 0.3) is 21.7 Å². The van der Waals surface area contributed by atoms with E-state index in [1.165, 1.54) is 5.56 Å². The average molecular weight is 546 g/mol. The minimum Gasteiger partial charge on any atom is -0.497 e. The number of hydrogen-bond donors (Lipinski definition) is 0. The van der Waals surface area contributed by atoms with Crippen LogP contribution in [0.15, 0.2) is 75.9 Å². The largest absolute Gasteiger partial charge is 0.497 e. The maximum Gasteiger partial charge on any atom is 0.344 e. The van der Waals surface area contributed by atoms with E-state index in [0.717, 1.165) is 74.4 Å². The van der Waals surface area contributed by atoms with Gasteiger partial charge < -0.3 is 18.8 Å². The molecule has 3 aromatic carbocycles. The molecule has 2 heterocycles. The number of benzene rings is 3. The van der Waals surface area contributed by atoms with Crippen molar-refractivity contribution in [2.45, 2.75) is 19.4 Å². The molecular formula is C29H34Cl2N2O4. The lowest BCUT2D eigenvalue weighted by Gasteiger charge is -2.34. The van der Waals surface area contributed by atoms with Crippen LogP contribution >= 0.6 is 24.8 Å². The molecule has 198 valence electrons. The maximum absolute atomic E-state index is 12.3. The zero-order valence-electron chi connectivity index (χ0n) is 21.1. The van der Waals surface area contributed by atoms with Crippen LogP contribution in [-0.2, 0) is 6.54 Å². The molecule has 6 nitrogen and oxygen atoms in total. The van der Waals surface area contributed by atoms with E-state index in [9.17, 15) is 4.79 Å². The van der Waals surface area contributed by atoms with Gasteiger partial charge in [-0.1, -0.05) is 30.3 Å². The van der Waals surface area contributed by atoms with E-state index in [-0.39, 0.29) is 30.4 Å². The van der Waals surface area contributed by atoms with E-state index in [1.807, 2.05) is 42.5 Å². The van der Waals surface area contributed by atoms with Gasteiger partial charge in [0, 0.05) is 44.2 Å². The molecule has 0 atom stereocenters. The molecule has 0 bridgehead atoms. The van der Waals surface area contributed by atoms with Gasteiger partial charge in [0.15, 0.2) is 0 Å². The Hall–Kier alpha value is -2.77. The van der Waals surface area contributed by atoms with Gasteiger partial charge in [0.2, 0.25) is 0 Å². The minimum atomic E-state index is -0.311. The smallest absolute Gasteiger partial charge is 0.344 e. The molecule has 1 saturated heterocycles. The van der Waals surface area contributed by atoms with Crippen molar-refractivity contribution in [2.24, 2.45) is 0 Å². The summed E-state index contributed by atoms with van der Waals surface area (Å²) in [7, 11) is 1.71. The van der Waals surface area contributed by atoms with Crippen molar-refractivity contribution in [3.63, 3.8) is 0 Å². The summed E-state index contributed by atoms with van der Waals surface area (Å²) in [5.41, 5.74) is 1.56. The molecule has 4 aromatic rings. The number of halogens is 2. The Morgan fingerprint density at radius 3 is 2.32 bits per heavy atom. The number of unbranched alkanes of at least 4 members (excludes halogenated alkanes) is 1. The van der Waals surface area contributed by atoms with E-state index in [2.05, 4.69) is 28.0 Å². The highest BCUT2D eigenvalue weighted by molar-refractivity contribution is 6.04. The van der Waals surface area contributed by atoms with Crippen LogP contribution in [-0.4, -0.2) is 56.2 Å². The van der Waals surface area contributed by atoms with Gasteiger partial charge in [-0.05, 0) is 60.7 Å². The molecule has 0 radical (unpaired) electrons. The number of ether oxygens (including phenoxy) is 2. The Kier molecular flexibility index (Phi) is 10.6. The zero-order chi connectivity index (χ0) is 24.0. The molecule has 0 N–H and O–H groups in total. The van der Waals surface area contributed by atoms with Crippen LogP contribution in [0.3, 0.4) is 0 Å². The summed E-state index contributed by atoms with van der Waals surface area (Å²) >= 11 is 0. The summed E-state index contributed by atoms with van der Waals surface area (Å²) in [6.07, 6.45) is 2.09. The Balaban J connectivity index is 0.00000190. The molecule has 1 aromatic heterocycles. The first-order chi connectivity index (χ1) is 17.2. The summed E-state index contributed by atoms with van der Waals surface area (Å²) in [6, 6.07) is 21.6. The molecule has 37 heavy (non-hydrogen) atoms. The van der Waals surface area contributed by atoms with Crippen LogP contribution < -0.4 is 15.1 Å². The van der Waals surface area contributed by atoms with Crippen LogP contribution in [0, 0.1) is 0 Å². The van der Waals surface area contributed by atoms with Gasteiger partial charge in [0.05, 0.1) is 19.1 Å². The molecule has 0 saturated carbocycles. The van der Waals surface area contributed by atoms with Crippen LogP contribution in [0.4, 0.5) is 0 Å². The highest BCUT2D eigenvalue weighted by atomic mass is 35.5. The molecule has 1 aliphatic rings. The van der Waals surface area contributed by atoms with Gasteiger partial charge in [-0.2, -0.15) is 0 Å². The summed E-state index contributed by atoms with van der Waals surface area (Å²) in [5.74, 6) is 1.66. The number of nitrogens with zero attached hydrogens (tertiary/aromatic N) is 2. The Labute approximate surface area is 230 Å². The van der Waals surface area contributed by atoms with Gasteiger partial charge in [-0.25, -0.2) is 4.79 Å². The van der Waals surface area contributed by atoms with Gasteiger partial charge in [0.25, 0.3) is 0 Å². The summed E-state index contributed by atoms with van der Waals surface area (Å²) in [6.45, 7) is 7.09. The van der Waals surface area contributed by atoms with Crippen molar-refractivity contribution < 1.29 is 13.9 Å². The van der Waals surface area contributed by atoms with Crippen LogP contribution in [0.1, 0.15) is 18.4 Å². The van der Waals surface area contributed by atoms with Crippen molar-refractivity contribution >= 4 is 46.6 Å². The van der Waals surface area contributed by atoms with E-state index in [0.29, 0.717) is 17.6 Å². The minimum absolute atomic E-state index is 0. The molecular weight excluding hydrogens is 511 g/mol. The lowest BCUT2D eigenvalue weighted by atomic mass is 10.1. The SMILES string of the molecule is COc1cccc(CN2CCN(CCCCOc3ccc4c(c3)oc(=O)c3ccccc34)CC2)c1.Cl.Cl. The van der Waals surface area contributed by atoms with E-state index >= 15 is 0 Å². The zero-order valence-corrected chi connectivity index (χ0v) is 22.7. The van der Waals surface area contributed by atoms with Gasteiger partial charge in [-0.15, -0.1) is 24.8 Å².